The van der Waals surface area contributed by atoms with E-state index in [-0.39, 0.29) is 24.2 Å². The predicted molar refractivity (Wildman–Crippen MR) is 71.9 cm³/mol. The molecule has 1 amide bonds. The van der Waals surface area contributed by atoms with Crippen molar-refractivity contribution in [1.82, 2.24) is 10.2 Å². The lowest BCUT2D eigenvalue weighted by Gasteiger charge is -2.50. The summed E-state index contributed by atoms with van der Waals surface area (Å²) in [5, 5.41) is 3.04. The van der Waals surface area contributed by atoms with Gasteiger partial charge in [-0.05, 0) is 53.5 Å². The molecule has 0 unspecified atom stereocenters. The van der Waals surface area contributed by atoms with E-state index < -0.39 is 11.8 Å². The third kappa shape index (κ3) is 3.02. The number of hydrogen-bond donors (Lipinski definition) is 1. The van der Waals surface area contributed by atoms with Crippen LogP contribution in [0.2, 0.25) is 0 Å². The Morgan fingerprint density at radius 1 is 1.37 bits per heavy atom. The molecule has 1 N–H and O–H groups in total. The molecule has 0 saturated carbocycles. The summed E-state index contributed by atoms with van der Waals surface area (Å²) in [7, 11) is 1.79. The van der Waals surface area contributed by atoms with Crippen molar-refractivity contribution in [1.29, 1.82) is 0 Å². The summed E-state index contributed by atoms with van der Waals surface area (Å²) in [5.41, 5.74) is -0.531. The van der Waals surface area contributed by atoms with E-state index in [0.717, 1.165) is 19.3 Å². The number of piperidine rings is 2. The van der Waals surface area contributed by atoms with E-state index in [4.69, 9.17) is 4.74 Å². The first-order valence-electron chi connectivity index (χ1n) is 7.16. The van der Waals surface area contributed by atoms with Gasteiger partial charge in [-0.2, -0.15) is 0 Å². The Bertz CT molecular complexity index is 343. The van der Waals surface area contributed by atoms with Gasteiger partial charge in [0, 0.05) is 12.1 Å². The standard InChI is InChI=1S/C14H25FN2O2/c1-14(2,3)19-13(18)17-9-6-5-7-11(17)12(15)10(8-9)16-4/h9-12,16H,5-8H2,1-4H3/t9-,10-,11+,12-/m1/s1. The van der Waals surface area contributed by atoms with E-state index in [0.29, 0.717) is 6.42 Å². The molecule has 110 valence electrons. The number of ether oxygens (including phenoxy) is 1. The molecule has 0 aromatic rings. The maximum Gasteiger partial charge on any atom is 0.410 e. The van der Waals surface area contributed by atoms with Crippen LogP contribution in [0.5, 0.6) is 0 Å². The van der Waals surface area contributed by atoms with Gasteiger partial charge in [0.15, 0.2) is 0 Å². The van der Waals surface area contributed by atoms with Crippen LogP contribution in [0.1, 0.15) is 46.5 Å². The summed E-state index contributed by atoms with van der Waals surface area (Å²) < 4.78 is 19.9. The molecule has 5 heteroatoms. The highest BCUT2D eigenvalue weighted by atomic mass is 19.1. The molecule has 2 fully saturated rings. The number of fused-ring (bicyclic) bond motifs is 2. The van der Waals surface area contributed by atoms with Gasteiger partial charge in [0.2, 0.25) is 0 Å². The molecule has 0 radical (unpaired) electrons. The zero-order chi connectivity index (χ0) is 14.2. The SMILES string of the molecule is CN[C@@H]1C[C@H]2CCC[C@@H]([C@@H]1F)N2C(=O)OC(C)(C)C. The molecule has 0 aliphatic carbocycles. The monoisotopic (exact) mass is 272 g/mol. The van der Waals surface area contributed by atoms with E-state index in [9.17, 15) is 9.18 Å². The second-order valence-electron chi connectivity index (χ2n) is 6.61. The first-order chi connectivity index (χ1) is 8.83. The Hall–Kier alpha value is -0.840. The lowest BCUT2D eigenvalue weighted by atomic mass is 9.81. The van der Waals surface area contributed by atoms with Crippen LogP contribution in [0.15, 0.2) is 0 Å². The molecule has 0 spiro atoms. The molecule has 0 aromatic heterocycles. The van der Waals surface area contributed by atoms with Gasteiger partial charge in [0.1, 0.15) is 11.8 Å². The molecular weight excluding hydrogens is 247 g/mol. The fourth-order valence-corrected chi connectivity index (χ4v) is 3.22. The van der Waals surface area contributed by atoms with Crippen molar-refractivity contribution in [3.63, 3.8) is 0 Å². The number of halogens is 1. The van der Waals surface area contributed by atoms with Gasteiger partial charge in [0.25, 0.3) is 0 Å². The largest absolute Gasteiger partial charge is 0.444 e. The molecule has 4 atom stereocenters. The van der Waals surface area contributed by atoms with Crippen LogP contribution in [0, 0.1) is 0 Å². The zero-order valence-corrected chi connectivity index (χ0v) is 12.3. The van der Waals surface area contributed by atoms with Gasteiger partial charge in [0.05, 0.1) is 6.04 Å². The van der Waals surface area contributed by atoms with Crippen molar-refractivity contribution in [3.8, 4) is 0 Å². The Labute approximate surface area is 114 Å². The maximum atomic E-state index is 14.5. The van der Waals surface area contributed by atoms with E-state index in [1.807, 2.05) is 20.8 Å². The van der Waals surface area contributed by atoms with Gasteiger partial charge in [-0.1, -0.05) is 0 Å². The summed E-state index contributed by atoms with van der Waals surface area (Å²) in [6, 6.07) is -0.369. The normalized spacial score (nSPS) is 35.1. The summed E-state index contributed by atoms with van der Waals surface area (Å²) >= 11 is 0. The van der Waals surface area contributed by atoms with Crippen LogP contribution in [-0.2, 0) is 4.74 Å². The molecule has 2 aliphatic rings. The van der Waals surface area contributed by atoms with Crippen LogP contribution < -0.4 is 5.32 Å². The van der Waals surface area contributed by atoms with Crippen LogP contribution in [0.25, 0.3) is 0 Å². The smallest absolute Gasteiger partial charge is 0.410 e. The van der Waals surface area contributed by atoms with Crippen LogP contribution in [0.4, 0.5) is 9.18 Å². The second-order valence-corrected chi connectivity index (χ2v) is 6.61. The Morgan fingerprint density at radius 3 is 2.63 bits per heavy atom. The molecule has 2 heterocycles. The van der Waals surface area contributed by atoms with Crippen molar-refractivity contribution in [2.45, 2.75) is 76.4 Å². The van der Waals surface area contributed by atoms with Crippen LogP contribution in [0.3, 0.4) is 0 Å². The average Bonchev–Trinajstić information content (AvgIpc) is 2.31. The van der Waals surface area contributed by atoms with Crippen LogP contribution >= 0.6 is 0 Å². The van der Waals surface area contributed by atoms with Crippen LogP contribution in [-0.4, -0.2) is 47.9 Å². The van der Waals surface area contributed by atoms with Gasteiger partial charge in [-0.15, -0.1) is 0 Å². The minimum absolute atomic E-state index is 0.109. The number of hydrogen-bond acceptors (Lipinski definition) is 3. The highest BCUT2D eigenvalue weighted by Gasteiger charge is 2.48. The van der Waals surface area contributed by atoms with Crippen molar-refractivity contribution in [2.24, 2.45) is 0 Å². The van der Waals surface area contributed by atoms with Gasteiger partial charge >= 0.3 is 6.09 Å². The fourth-order valence-electron chi connectivity index (χ4n) is 3.22. The third-order valence-electron chi connectivity index (χ3n) is 4.04. The van der Waals surface area contributed by atoms with Gasteiger partial charge < -0.3 is 10.1 Å². The highest BCUT2D eigenvalue weighted by molar-refractivity contribution is 5.69. The predicted octanol–water partition coefficient (Wildman–Crippen LogP) is 2.47. The molecule has 2 rings (SSSR count). The Balaban J connectivity index is 2.14. The molecule has 2 aliphatic heterocycles. The van der Waals surface area contributed by atoms with Crippen molar-refractivity contribution >= 4 is 6.09 Å². The van der Waals surface area contributed by atoms with Crippen molar-refractivity contribution < 1.29 is 13.9 Å². The average molecular weight is 272 g/mol. The molecule has 0 aromatic carbocycles. The Morgan fingerprint density at radius 2 is 2.05 bits per heavy atom. The molecule has 19 heavy (non-hydrogen) atoms. The minimum atomic E-state index is -1.01. The van der Waals surface area contributed by atoms with Gasteiger partial charge in [-0.3, -0.25) is 4.90 Å². The topological polar surface area (TPSA) is 41.6 Å². The van der Waals surface area contributed by atoms with Crippen molar-refractivity contribution in [3.05, 3.63) is 0 Å². The zero-order valence-electron chi connectivity index (χ0n) is 12.3. The number of carbonyl (C=O) groups is 1. The summed E-state index contributed by atoms with van der Waals surface area (Å²) in [5.74, 6) is 0. The third-order valence-corrected chi connectivity index (χ3v) is 4.04. The number of nitrogens with zero attached hydrogens (tertiary/aromatic N) is 1. The van der Waals surface area contributed by atoms with E-state index in [1.54, 1.807) is 11.9 Å². The number of alkyl halides is 1. The van der Waals surface area contributed by atoms with E-state index in [2.05, 4.69) is 5.32 Å². The minimum Gasteiger partial charge on any atom is -0.444 e. The summed E-state index contributed by atoms with van der Waals surface area (Å²) in [6.07, 6.45) is 1.97. The number of nitrogens with one attached hydrogen (secondary N) is 1. The first kappa shape index (κ1) is 14.6. The first-order valence-corrected chi connectivity index (χ1v) is 7.16. The summed E-state index contributed by atoms with van der Waals surface area (Å²) in [6.45, 7) is 5.52. The second kappa shape index (κ2) is 5.27. The lowest BCUT2D eigenvalue weighted by Crippen LogP contribution is -2.64. The quantitative estimate of drug-likeness (QED) is 0.797. The maximum absolute atomic E-state index is 14.5. The van der Waals surface area contributed by atoms with E-state index >= 15 is 0 Å². The molecule has 4 nitrogen and oxygen atoms in total. The lowest BCUT2D eigenvalue weighted by molar-refractivity contribution is -0.0498. The number of carbonyl (C=O) groups excluding carboxylic acids is 1. The molecular formula is C14H25FN2O2. The number of rotatable bonds is 1. The summed E-state index contributed by atoms with van der Waals surface area (Å²) in [4.78, 5) is 13.9. The molecule has 2 bridgehead atoms. The Kier molecular flexibility index (Phi) is 4.04. The highest BCUT2D eigenvalue weighted by Crippen LogP contribution is 2.36. The fraction of sp³-hybridized carbons (Fsp3) is 0.929. The van der Waals surface area contributed by atoms with Crippen molar-refractivity contribution in [2.75, 3.05) is 7.05 Å². The number of amides is 1. The van der Waals surface area contributed by atoms with Gasteiger partial charge in [-0.25, -0.2) is 9.18 Å². The molecule has 2 saturated heterocycles. The van der Waals surface area contributed by atoms with E-state index in [1.165, 1.54) is 0 Å².